The van der Waals surface area contributed by atoms with Crippen LogP contribution in [-0.4, -0.2) is 268 Å². The van der Waals surface area contributed by atoms with E-state index in [2.05, 4.69) is 63.1 Å². The number of aromatic hydroxyl groups is 1. The van der Waals surface area contributed by atoms with Crippen LogP contribution in [0.2, 0.25) is 0 Å². The summed E-state index contributed by atoms with van der Waals surface area (Å²) < 4.78 is 0. The fraction of sp³-hybridized carbons (Fsp3) is 0.542. The second-order valence-corrected chi connectivity index (χ2v) is 28.2. The number of unbranched alkanes of at least 4 members (excludes halogenated alkanes) is 1. The summed E-state index contributed by atoms with van der Waals surface area (Å²) in [7, 11) is 0. The molecule has 0 aliphatic carbocycles. The largest absolute Gasteiger partial charge is 0.508 e. The molecule has 0 bridgehead atoms. The molecule has 13 atom stereocenters. The first kappa shape index (κ1) is 89.7. The summed E-state index contributed by atoms with van der Waals surface area (Å²) in [5.74, 6) is -20.2. The maximum absolute atomic E-state index is 14.6. The summed E-state index contributed by atoms with van der Waals surface area (Å²) in [4.78, 5) is 253. The normalized spacial score (nSPS) is 17.8. The highest BCUT2D eigenvalue weighted by Gasteiger charge is 2.44. The Morgan fingerprint density at radius 1 is 0.496 bits per heavy atom. The topological polar surface area (TPSA) is 645 Å². The van der Waals surface area contributed by atoms with Crippen molar-refractivity contribution < 1.29 is 112 Å². The van der Waals surface area contributed by atoms with Crippen molar-refractivity contribution >= 4 is 107 Å². The monoisotopic (exact) mass is 1580 g/mol. The number of carbonyl (C=O) groups excluding carboxylic acids is 14. The van der Waals surface area contributed by atoms with E-state index >= 15 is 0 Å². The van der Waals surface area contributed by atoms with Gasteiger partial charge < -0.3 is 116 Å². The molecule has 41 heteroatoms. The lowest BCUT2D eigenvalue weighted by molar-refractivity contribution is -0.145. The van der Waals surface area contributed by atoms with Gasteiger partial charge in [0.1, 0.15) is 78.3 Å². The first-order chi connectivity index (χ1) is 53.5. The first-order valence-electron chi connectivity index (χ1n) is 36.9. The average Bonchev–Trinajstić information content (AvgIpc) is 1.73. The van der Waals surface area contributed by atoms with Crippen LogP contribution in [0.1, 0.15) is 127 Å². The average molecular weight is 1590 g/mol. The number of phenols is 1. The van der Waals surface area contributed by atoms with E-state index in [0.29, 0.717) is 24.0 Å². The predicted octanol–water partition coefficient (Wildman–Crippen LogP) is -5.50. The van der Waals surface area contributed by atoms with Crippen molar-refractivity contribution in [3.63, 3.8) is 0 Å². The van der Waals surface area contributed by atoms with Gasteiger partial charge in [-0.3, -0.25) is 81.5 Å². The molecule has 3 aromatic rings. The number of primary amides is 1. The van der Waals surface area contributed by atoms with E-state index in [4.69, 9.17) is 17.2 Å². The molecular formula is C72H100N18O23. The van der Waals surface area contributed by atoms with Gasteiger partial charge in [0, 0.05) is 45.1 Å². The third-order valence-corrected chi connectivity index (χ3v) is 18.9. The molecule has 0 spiro atoms. The van der Waals surface area contributed by atoms with Crippen LogP contribution in [0.25, 0.3) is 0 Å². The molecule has 0 radical (unpaired) electrons. The number of aromatic nitrogens is 2. The van der Waals surface area contributed by atoms with Crippen LogP contribution >= 0.6 is 0 Å². The van der Waals surface area contributed by atoms with E-state index in [-0.39, 0.29) is 114 Å². The lowest BCUT2D eigenvalue weighted by Gasteiger charge is -2.31. The molecule has 4 heterocycles. The number of nitrogens with one attached hydrogen (secondary N) is 11. The van der Waals surface area contributed by atoms with Gasteiger partial charge in [-0.2, -0.15) is 0 Å². The van der Waals surface area contributed by atoms with E-state index in [0.717, 1.165) is 14.7 Å². The zero-order valence-electron chi connectivity index (χ0n) is 62.6. The van der Waals surface area contributed by atoms with Crippen LogP contribution in [0.4, 0.5) is 0 Å². The minimum Gasteiger partial charge on any atom is -0.508 e. The Morgan fingerprint density at radius 2 is 0.947 bits per heavy atom. The number of carbonyl (C=O) groups is 18. The summed E-state index contributed by atoms with van der Waals surface area (Å²) in [5, 5.41) is 73.1. The number of rotatable bonds is 44. The van der Waals surface area contributed by atoms with Crippen molar-refractivity contribution in [3.05, 3.63) is 83.9 Å². The molecule has 2 aromatic carbocycles. The molecule has 113 heavy (non-hydrogen) atoms. The quantitative estimate of drug-likeness (QED) is 0.0235. The number of hydrogen-bond donors (Lipinski definition) is 19. The third kappa shape index (κ3) is 28.0. The van der Waals surface area contributed by atoms with Crippen molar-refractivity contribution in [2.75, 3.05) is 32.7 Å². The van der Waals surface area contributed by atoms with Crippen LogP contribution in [0.5, 0.6) is 5.75 Å². The van der Waals surface area contributed by atoms with Crippen molar-refractivity contribution in [2.45, 2.75) is 208 Å². The summed E-state index contributed by atoms with van der Waals surface area (Å²) in [6, 6.07) is -6.24. The molecule has 0 saturated carbocycles. The first-order valence-corrected chi connectivity index (χ1v) is 36.9. The van der Waals surface area contributed by atoms with Crippen molar-refractivity contribution in [3.8, 4) is 5.75 Å². The molecule has 14 amide bonds. The van der Waals surface area contributed by atoms with Gasteiger partial charge in [-0.1, -0.05) is 56.3 Å². The van der Waals surface area contributed by atoms with E-state index < -0.39 is 217 Å². The number of nitrogens with two attached hydrogens (primary N) is 3. The summed E-state index contributed by atoms with van der Waals surface area (Å²) in [5.41, 5.74) is 18.1. The van der Waals surface area contributed by atoms with Crippen LogP contribution in [0.15, 0.2) is 67.1 Å². The van der Waals surface area contributed by atoms with Gasteiger partial charge >= 0.3 is 23.9 Å². The predicted molar refractivity (Wildman–Crippen MR) is 393 cm³/mol. The number of imidazole rings is 1. The number of nitrogens with zero attached hydrogens (tertiary/aromatic N) is 4. The van der Waals surface area contributed by atoms with Crippen LogP contribution in [0.3, 0.4) is 0 Å². The maximum atomic E-state index is 14.6. The van der Waals surface area contributed by atoms with Crippen LogP contribution < -0.4 is 70.4 Å². The SMILES string of the molecule is CC(C)C[C@H](NC(=O)[C@H](CC(=O)O)NC(=O)[C@H](C)NC(=O)[C@@H]1CCCN1C(=O)CNC(=O)[C@H](Cc1ccccc1)NC(=O)[C@H](Cc1c[nH]cn1)NC(=O)[C@H](CC(N)=O)NC(=O)[C@@H]1CCCN1C(=O)[C@@H](N)CC(=O)O)C(=O)N1CCC[C@H]1C(=O)N[C@@H](CC(=O)O)C(=O)N[C@@H](CCCCN)C(=O)N[C@@H](Cc1ccc(O)cc1)C(=O)O. The Morgan fingerprint density at radius 3 is 1.47 bits per heavy atom. The van der Waals surface area contributed by atoms with E-state index in [9.17, 15) is 112 Å². The minimum absolute atomic E-state index is 0.0213. The smallest absolute Gasteiger partial charge is 0.326 e. The fourth-order valence-corrected chi connectivity index (χ4v) is 13.2. The zero-order valence-corrected chi connectivity index (χ0v) is 62.6. The van der Waals surface area contributed by atoms with Gasteiger partial charge in [0.05, 0.1) is 50.3 Å². The molecule has 41 nitrogen and oxygen atoms in total. The molecule has 3 aliphatic heterocycles. The molecule has 3 aliphatic rings. The Kier molecular flexibility index (Phi) is 34.5. The number of carboxylic acid groups (broad SMARTS) is 4. The third-order valence-electron chi connectivity index (χ3n) is 18.9. The van der Waals surface area contributed by atoms with Gasteiger partial charge in [-0.25, -0.2) is 9.78 Å². The van der Waals surface area contributed by atoms with Gasteiger partial charge in [0.25, 0.3) is 0 Å². The lowest BCUT2D eigenvalue weighted by Crippen LogP contribution is -2.60. The Labute approximate surface area is 647 Å². The molecular weight excluding hydrogens is 1480 g/mol. The number of H-pyrrole nitrogens is 1. The van der Waals surface area contributed by atoms with E-state index in [1.54, 1.807) is 44.2 Å². The van der Waals surface area contributed by atoms with Crippen molar-refractivity contribution in [2.24, 2.45) is 23.1 Å². The van der Waals surface area contributed by atoms with E-state index in [1.165, 1.54) is 43.7 Å². The number of carboxylic acids is 4. The number of amides is 14. The van der Waals surface area contributed by atoms with E-state index in [1.807, 2.05) is 0 Å². The van der Waals surface area contributed by atoms with Gasteiger partial charge in [0.15, 0.2) is 0 Å². The number of benzene rings is 2. The summed E-state index contributed by atoms with van der Waals surface area (Å²) in [6.07, 6.45) is -0.512. The Balaban J connectivity index is 1.08. The van der Waals surface area contributed by atoms with Crippen LogP contribution in [0, 0.1) is 5.92 Å². The highest BCUT2D eigenvalue weighted by Crippen LogP contribution is 2.24. The van der Waals surface area contributed by atoms with Gasteiger partial charge in [0.2, 0.25) is 82.7 Å². The molecule has 6 rings (SSSR count). The molecule has 22 N–H and O–H groups in total. The Hall–Kier alpha value is -12.2. The van der Waals surface area contributed by atoms with Crippen molar-refractivity contribution in [1.82, 2.24) is 77.8 Å². The molecule has 1 aromatic heterocycles. The summed E-state index contributed by atoms with van der Waals surface area (Å²) >= 11 is 0. The van der Waals surface area contributed by atoms with Crippen LogP contribution in [-0.2, 0) is 106 Å². The highest BCUT2D eigenvalue weighted by molar-refractivity contribution is 6.02. The molecule has 3 fully saturated rings. The van der Waals surface area contributed by atoms with Gasteiger partial charge in [-0.05, 0) is 107 Å². The zero-order chi connectivity index (χ0) is 83.3. The molecule has 0 unspecified atom stereocenters. The Bertz CT molecular complexity index is 3920. The maximum Gasteiger partial charge on any atom is 0.326 e. The number of aliphatic carboxylic acids is 4. The minimum atomic E-state index is -1.91. The second kappa shape index (κ2) is 43.4. The lowest BCUT2D eigenvalue weighted by atomic mass is 10.0. The summed E-state index contributed by atoms with van der Waals surface area (Å²) in [6.45, 7) is 3.88. The molecule has 616 valence electrons. The van der Waals surface area contributed by atoms with Crippen molar-refractivity contribution in [1.29, 1.82) is 0 Å². The number of phenolic OH excluding ortho intramolecular Hbond substituents is 1. The molecule has 3 saturated heterocycles. The van der Waals surface area contributed by atoms with Gasteiger partial charge in [-0.15, -0.1) is 0 Å². The number of aromatic amines is 1. The fourth-order valence-electron chi connectivity index (χ4n) is 13.2. The number of hydrogen-bond acceptors (Lipinski definition) is 22. The second-order valence-electron chi connectivity index (χ2n) is 28.2. The highest BCUT2D eigenvalue weighted by atomic mass is 16.4. The standard InChI is InChI=1S/C72H100N18O23/c1-37(2)26-50(71(111)90-25-11-17-54(90)69(109)85-49(33-59(98)99)65(105)80-44(14-7-8-22-73)62(102)87-51(72(112)113)28-40-18-20-42(91)21-19-40)86-66(106)48(32-58(96)97)81-60(100)38(3)79-67(107)52-15-9-23-88(52)56(93)35-77-61(101)45(27-39-12-5-4-6-13-39)82-63(103)46(29-41-34-76-36-78-41)83-64(104)47(31-55(75)92)84-68(108)53-16-10-24-89(53)70(110)43(74)30-57(94)95/h4-6,12-13,18-21,34,36-38,43-54,91H,7-11,14-17,22-33,35,73-74H2,1-3H3,(H2,75,92)(H,76,78)(H,77,101)(H,79,107)(H,80,105)(H,81,100)(H,82,103)(H,83,104)(H,84,108)(H,85,109)(H,86,106)(H,87,102)(H,94,95)(H,96,97)(H,98,99)(H,112,113)/t38-,43-,44-,45-,46-,47-,48-,49-,50-,51-,52-,53-,54-/m0/s1. The number of likely N-dealkylation sites (tertiary alicyclic amines) is 3.